The van der Waals surface area contributed by atoms with Crippen LogP contribution in [0.1, 0.15) is 25.0 Å². The van der Waals surface area contributed by atoms with E-state index in [-0.39, 0.29) is 10.9 Å². The van der Waals surface area contributed by atoms with Crippen LogP contribution in [0.2, 0.25) is 0 Å². The van der Waals surface area contributed by atoms with Crippen LogP contribution in [0.15, 0.2) is 23.0 Å². The van der Waals surface area contributed by atoms with Crippen LogP contribution in [0.25, 0.3) is 10.9 Å². The Kier molecular flexibility index (Phi) is 3.98. The molecule has 0 fully saturated rings. The minimum Gasteiger partial charge on any atom is -0.385 e. The zero-order valence-electron chi connectivity index (χ0n) is 12.1. The number of halogens is 3. The number of pyridine rings is 1. The van der Waals surface area contributed by atoms with Gasteiger partial charge in [-0.1, -0.05) is 19.9 Å². The molecule has 0 atom stereocenters. The van der Waals surface area contributed by atoms with Crippen molar-refractivity contribution in [2.45, 2.75) is 26.9 Å². The normalized spacial score (nSPS) is 12.1. The van der Waals surface area contributed by atoms with Gasteiger partial charge in [0.05, 0.1) is 11.1 Å². The Morgan fingerprint density at radius 3 is 2.52 bits per heavy atom. The highest BCUT2D eigenvalue weighted by Gasteiger charge is 2.33. The molecule has 2 N–H and O–H groups in total. The summed E-state index contributed by atoms with van der Waals surface area (Å²) in [7, 11) is 0. The van der Waals surface area contributed by atoms with Gasteiger partial charge in [0, 0.05) is 23.7 Å². The molecule has 0 aliphatic carbocycles. The monoisotopic (exact) mass is 298 g/mol. The Morgan fingerprint density at radius 1 is 1.29 bits per heavy atom. The Morgan fingerprint density at radius 2 is 1.95 bits per heavy atom. The standard InChI is InChI=1S/C15H17F3N2O/c1-8(2)7-19-12-5-4-10-11(15(16,17)18)6-13(21)20-14(10)9(12)3/h4-6,8,19H,7H2,1-3H3,(H,20,21). The summed E-state index contributed by atoms with van der Waals surface area (Å²) in [6.07, 6.45) is -4.55. The highest BCUT2D eigenvalue weighted by Crippen LogP contribution is 2.35. The minimum atomic E-state index is -4.55. The first-order chi connectivity index (χ1) is 9.70. The van der Waals surface area contributed by atoms with Gasteiger partial charge < -0.3 is 10.3 Å². The van der Waals surface area contributed by atoms with Gasteiger partial charge in [-0.3, -0.25) is 4.79 Å². The molecule has 0 aliphatic heterocycles. The van der Waals surface area contributed by atoms with Crippen LogP contribution in [0.3, 0.4) is 0 Å². The Bertz CT molecular complexity index is 717. The highest BCUT2D eigenvalue weighted by molar-refractivity contribution is 5.89. The number of nitrogens with one attached hydrogen (secondary N) is 2. The number of fused-ring (bicyclic) bond motifs is 1. The molecule has 0 unspecified atom stereocenters. The van der Waals surface area contributed by atoms with Crippen molar-refractivity contribution in [2.24, 2.45) is 5.92 Å². The maximum atomic E-state index is 13.0. The number of aromatic amines is 1. The largest absolute Gasteiger partial charge is 0.417 e. The molecule has 1 aromatic carbocycles. The topological polar surface area (TPSA) is 44.9 Å². The molecule has 21 heavy (non-hydrogen) atoms. The molecule has 3 nitrogen and oxygen atoms in total. The number of alkyl halides is 3. The average molecular weight is 298 g/mol. The molecule has 2 aromatic rings. The molecule has 0 radical (unpaired) electrons. The van der Waals surface area contributed by atoms with Gasteiger partial charge in [-0.05, 0) is 24.5 Å². The van der Waals surface area contributed by atoms with E-state index in [2.05, 4.69) is 10.3 Å². The molecular formula is C15H17F3N2O. The maximum Gasteiger partial charge on any atom is 0.417 e. The molecule has 1 aromatic heterocycles. The third kappa shape index (κ3) is 3.20. The maximum absolute atomic E-state index is 13.0. The summed E-state index contributed by atoms with van der Waals surface area (Å²) < 4.78 is 39.0. The minimum absolute atomic E-state index is 0.00898. The Hall–Kier alpha value is -1.98. The number of aryl methyl sites for hydroxylation is 1. The first kappa shape index (κ1) is 15.4. The summed E-state index contributed by atoms with van der Waals surface area (Å²) in [5, 5.41) is 3.19. The molecule has 0 aliphatic rings. The number of benzene rings is 1. The highest BCUT2D eigenvalue weighted by atomic mass is 19.4. The van der Waals surface area contributed by atoms with E-state index in [4.69, 9.17) is 0 Å². The summed E-state index contributed by atoms with van der Waals surface area (Å²) in [4.78, 5) is 14.0. The number of hydrogen-bond acceptors (Lipinski definition) is 2. The van der Waals surface area contributed by atoms with E-state index in [0.717, 1.165) is 5.69 Å². The third-order valence-corrected chi connectivity index (χ3v) is 3.28. The van der Waals surface area contributed by atoms with Crippen molar-refractivity contribution in [1.29, 1.82) is 0 Å². The quantitative estimate of drug-likeness (QED) is 0.902. The van der Waals surface area contributed by atoms with Gasteiger partial charge in [0.2, 0.25) is 5.56 Å². The van der Waals surface area contributed by atoms with E-state index >= 15 is 0 Å². The molecule has 2 rings (SSSR count). The van der Waals surface area contributed by atoms with Crippen LogP contribution < -0.4 is 10.9 Å². The van der Waals surface area contributed by atoms with Crippen molar-refractivity contribution in [3.05, 3.63) is 39.7 Å². The zero-order valence-corrected chi connectivity index (χ0v) is 12.1. The predicted molar refractivity (Wildman–Crippen MR) is 77.6 cm³/mol. The molecule has 1 heterocycles. The van der Waals surface area contributed by atoms with E-state index in [1.807, 2.05) is 13.8 Å². The van der Waals surface area contributed by atoms with Gasteiger partial charge >= 0.3 is 6.18 Å². The van der Waals surface area contributed by atoms with Crippen LogP contribution in [0.5, 0.6) is 0 Å². The Labute approximate surface area is 120 Å². The lowest BCUT2D eigenvalue weighted by molar-refractivity contribution is -0.136. The van der Waals surface area contributed by atoms with Gasteiger partial charge in [0.15, 0.2) is 0 Å². The first-order valence-corrected chi connectivity index (χ1v) is 6.68. The molecule has 0 spiro atoms. The predicted octanol–water partition coefficient (Wildman–Crippen LogP) is 3.92. The number of anilines is 1. The van der Waals surface area contributed by atoms with E-state index in [9.17, 15) is 18.0 Å². The Balaban J connectivity index is 2.63. The number of rotatable bonds is 3. The van der Waals surface area contributed by atoms with Crippen molar-refractivity contribution >= 4 is 16.6 Å². The lowest BCUT2D eigenvalue weighted by atomic mass is 10.0. The van der Waals surface area contributed by atoms with Crippen molar-refractivity contribution in [3.8, 4) is 0 Å². The van der Waals surface area contributed by atoms with E-state index in [1.165, 1.54) is 6.07 Å². The smallest absolute Gasteiger partial charge is 0.385 e. The van der Waals surface area contributed by atoms with Crippen LogP contribution in [0.4, 0.5) is 18.9 Å². The van der Waals surface area contributed by atoms with Gasteiger partial charge in [-0.15, -0.1) is 0 Å². The molecular weight excluding hydrogens is 281 g/mol. The second kappa shape index (κ2) is 5.42. The van der Waals surface area contributed by atoms with Crippen LogP contribution in [-0.2, 0) is 6.18 Å². The average Bonchev–Trinajstić information content (AvgIpc) is 2.36. The van der Waals surface area contributed by atoms with E-state index in [0.29, 0.717) is 24.1 Å². The molecule has 0 saturated carbocycles. The number of hydrogen-bond donors (Lipinski definition) is 2. The first-order valence-electron chi connectivity index (χ1n) is 6.68. The summed E-state index contributed by atoms with van der Waals surface area (Å²) >= 11 is 0. The summed E-state index contributed by atoms with van der Waals surface area (Å²) in [6.45, 7) is 6.47. The fraction of sp³-hybridized carbons (Fsp3) is 0.400. The molecule has 0 amide bonds. The second-order valence-corrected chi connectivity index (χ2v) is 5.48. The second-order valence-electron chi connectivity index (χ2n) is 5.48. The van der Waals surface area contributed by atoms with Crippen LogP contribution in [0, 0.1) is 12.8 Å². The molecule has 0 saturated heterocycles. The van der Waals surface area contributed by atoms with Crippen molar-refractivity contribution < 1.29 is 13.2 Å². The molecule has 114 valence electrons. The summed E-state index contributed by atoms with van der Waals surface area (Å²) in [5.74, 6) is 0.403. The third-order valence-electron chi connectivity index (χ3n) is 3.28. The van der Waals surface area contributed by atoms with Crippen LogP contribution >= 0.6 is 0 Å². The lowest BCUT2D eigenvalue weighted by Crippen LogP contribution is -2.15. The van der Waals surface area contributed by atoms with Crippen molar-refractivity contribution in [3.63, 3.8) is 0 Å². The fourth-order valence-electron chi connectivity index (χ4n) is 2.21. The fourth-order valence-corrected chi connectivity index (χ4v) is 2.21. The van der Waals surface area contributed by atoms with Gasteiger partial charge in [0.1, 0.15) is 0 Å². The SMILES string of the molecule is Cc1c(NCC(C)C)ccc2c(C(F)(F)F)cc(=O)[nH]c12. The van der Waals surface area contributed by atoms with Gasteiger partial charge in [0.25, 0.3) is 0 Å². The van der Waals surface area contributed by atoms with Crippen molar-refractivity contribution in [2.75, 3.05) is 11.9 Å². The van der Waals surface area contributed by atoms with Gasteiger partial charge in [-0.25, -0.2) is 0 Å². The van der Waals surface area contributed by atoms with Crippen LogP contribution in [-0.4, -0.2) is 11.5 Å². The van der Waals surface area contributed by atoms with Gasteiger partial charge in [-0.2, -0.15) is 13.2 Å². The lowest BCUT2D eigenvalue weighted by Gasteiger charge is -2.16. The van der Waals surface area contributed by atoms with E-state index < -0.39 is 17.3 Å². The molecule has 0 bridgehead atoms. The van der Waals surface area contributed by atoms with Crippen molar-refractivity contribution in [1.82, 2.24) is 4.98 Å². The number of aromatic nitrogens is 1. The molecule has 6 heteroatoms. The van der Waals surface area contributed by atoms with E-state index in [1.54, 1.807) is 13.0 Å². The number of H-pyrrole nitrogens is 1. The summed E-state index contributed by atoms with van der Waals surface area (Å²) in [6, 6.07) is 3.61. The summed E-state index contributed by atoms with van der Waals surface area (Å²) in [5.41, 5.74) is -0.0928. The zero-order chi connectivity index (χ0) is 15.8.